The van der Waals surface area contributed by atoms with Crippen molar-refractivity contribution in [3.8, 4) is 0 Å². The molecule has 7 heteroatoms. The molecule has 0 aliphatic heterocycles. The molecule has 0 radical (unpaired) electrons. The molecule has 0 fully saturated rings. The monoisotopic (exact) mass is 257 g/mol. The standard InChI is InChI=1S/C10H12ClN3O3/c1-3-17-7(2)12-13-9-6-8(11)4-5-10(9)14(15)16/h4-6,13H,3H2,1-2H3/b12-7-. The van der Waals surface area contributed by atoms with Gasteiger partial charge in [0.25, 0.3) is 5.69 Å². The number of rotatable bonds is 4. The minimum Gasteiger partial charge on any atom is -0.480 e. The van der Waals surface area contributed by atoms with Gasteiger partial charge in [-0.1, -0.05) is 11.6 Å². The Morgan fingerprint density at radius 2 is 2.35 bits per heavy atom. The zero-order valence-electron chi connectivity index (χ0n) is 9.44. The van der Waals surface area contributed by atoms with Crippen LogP contribution < -0.4 is 5.43 Å². The van der Waals surface area contributed by atoms with Gasteiger partial charge in [-0.2, -0.15) is 0 Å². The first kappa shape index (κ1) is 13.2. The lowest BCUT2D eigenvalue weighted by molar-refractivity contribution is -0.384. The molecule has 1 aromatic rings. The fourth-order valence-corrected chi connectivity index (χ4v) is 1.31. The normalized spacial score (nSPS) is 11.1. The first-order valence-corrected chi connectivity index (χ1v) is 5.29. The van der Waals surface area contributed by atoms with Crippen LogP contribution in [0.3, 0.4) is 0 Å². The number of hydrazone groups is 1. The molecule has 0 spiro atoms. The molecule has 0 aromatic heterocycles. The third kappa shape index (κ3) is 3.92. The number of nitro benzene ring substituents is 1. The number of nitrogens with zero attached hydrogens (tertiary/aromatic N) is 2. The number of anilines is 1. The predicted molar refractivity (Wildman–Crippen MR) is 66.5 cm³/mol. The zero-order chi connectivity index (χ0) is 12.8. The van der Waals surface area contributed by atoms with E-state index in [4.69, 9.17) is 16.3 Å². The van der Waals surface area contributed by atoms with Crippen LogP contribution in [0.25, 0.3) is 0 Å². The smallest absolute Gasteiger partial charge is 0.294 e. The number of nitro groups is 1. The van der Waals surface area contributed by atoms with Gasteiger partial charge in [-0.15, -0.1) is 5.10 Å². The molecule has 0 amide bonds. The van der Waals surface area contributed by atoms with Crippen LogP contribution in [-0.2, 0) is 4.74 Å². The van der Waals surface area contributed by atoms with E-state index in [1.165, 1.54) is 18.2 Å². The lowest BCUT2D eigenvalue weighted by Gasteiger charge is -2.04. The van der Waals surface area contributed by atoms with Crippen LogP contribution in [-0.4, -0.2) is 17.4 Å². The third-order valence-corrected chi connectivity index (χ3v) is 2.08. The Bertz CT molecular complexity index is 448. The van der Waals surface area contributed by atoms with Crippen LogP contribution in [0.4, 0.5) is 11.4 Å². The predicted octanol–water partition coefficient (Wildman–Crippen LogP) is 3.03. The van der Waals surface area contributed by atoms with E-state index in [1.54, 1.807) is 6.92 Å². The molecule has 1 N–H and O–H groups in total. The summed E-state index contributed by atoms with van der Waals surface area (Å²) in [5, 5.41) is 15.0. The highest BCUT2D eigenvalue weighted by Gasteiger charge is 2.13. The van der Waals surface area contributed by atoms with Crippen LogP contribution in [0.2, 0.25) is 5.02 Å². The lowest BCUT2D eigenvalue weighted by Crippen LogP contribution is -2.03. The van der Waals surface area contributed by atoms with E-state index >= 15 is 0 Å². The Labute approximate surface area is 103 Å². The maximum Gasteiger partial charge on any atom is 0.294 e. The Morgan fingerprint density at radius 3 is 2.94 bits per heavy atom. The fraction of sp³-hybridized carbons (Fsp3) is 0.300. The summed E-state index contributed by atoms with van der Waals surface area (Å²) in [6.45, 7) is 3.95. The zero-order valence-corrected chi connectivity index (χ0v) is 10.2. The van der Waals surface area contributed by atoms with Crippen LogP contribution in [0.1, 0.15) is 13.8 Å². The molecule has 0 bridgehead atoms. The topological polar surface area (TPSA) is 76.8 Å². The van der Waals surface area contributed by atoms with Crippen molar-refractivity contribution >= 4 is 28.9 Å². The third-order valence-electron chi connectivity index (χ3n) is 1.84. The summed E-state index contributed by atoms with van der Waals surface area (Å²) in [5.41, 5.74) is 2.69. The highest BCUT2D eigenvalue weighted by Crippen LogP contribution is 2.27. The van der Waals surface area contributed by atoms with Gasteiger partial charge in [-0.05, 0) is 19.1 Å². The summed E-state index contributed by atoms with van der Waals surface area (Å²) in [7, 11) is 0. The van der Waals surface area contributed by atoms with Crippen molar-refractivity contribution in [3.63, 3.8) is 0 Å². The lowest BCUT2D eigenvalue weighted by atomic mass is 10.3. The summed E-state index contributed by atoms with van der Waals surface area (Å²) in [6.07, 6.45) is 0. The van der Waals surface area contributed by atoms with Crippen molar-refractivity contribution in [1.82, 2.24) is 0 Å². The van der Waals surface area contributed by atoms with Gasteiger partial charge in [0.1, 0.15) is 5.69 Å². The average Bonchev–Trinajstić information content (AvgIpc) is 2.26. The number of hydrogen-bond donors (Lipinski definition) is 1. The van der Waals surface area contributed by atoms with E-state index in [-0.39, 0.29) is 11.4 Å². The van der Waals surface area contributed by atoms with E-state index in [9.17, 15) is 10.1 Å². The van der Waals surface area contributed by atoms with Crippen LogP contribution in [0.5, 0.6) is 0 Å². The molecule has 1 aromatic carbocycles. The van der Waals surface area contributed by atoms with Crippen molar-refractivity contribution < 1.29 is 9.66 Å². The number of hydrogen-bond acceptors (Lipinski definition) is 5. The Balaban J connectivity index is 2.92. The summed E-state index contributed by atoms with van der Waals surface area (Å²) in [5.74, 6) is 0.391. The highest BCUT2D eigenvalue weighted by atomic mass is 35.5. The maximum absolute atomic E-state index is 10.7. The molecule has 0 saturated heterocycles. The van der Waals surface area contributed by atoms with Crippen LogP contribution in [0.15, 0.2) is 23.3 Å². The van der Waals surface area contributed by atoms with Gasteiger partial charge in [0, 0.05) is 18.0 Å². The second kappa shape index (κ2) is 6.05. The second-order valence-corrected chi connectivity index (χ2v) is 3.53. The molecular weight excluding hydrogens is 246 g/mol. The molecule has 92 valence electrons. The molecule has 0 atom stereocenters. The molecule has 17 heavy (non-hydrogen) atoms. The Kier molecular flexibility index (Phi) is 4.71. The maximum atomic E-state index is 10.7. The van der Waals surface area contributed by atoms with Gasteiger partial charge in [0.15, 0.2) is 0 Å². The van der Waals surface area contributed by atoms with Crippen molar-refractivity contribution in [2.45, 2.75) is 13.8 Å². The van der Waals surface area contributed by atoms with Gasteiger partial charge in [-0.3, -0.25) is 15.5 Å². The summed E-state index contributed by atoms with van der Waals surface area (Å²) in [4.78, 5) is 10.2. The number of nitrogens with one attached hydrogen (secondary N) is 1. The van der Waals surface area contributed by atoms with E-state index in [1.807, 2.05) is 6.92 Å². The summed E-state index contributed by atoms with van der Waals surface area (Å²) >= 11 is 5.76. The van der Waals surface area contributed by atoms with Gasteiger partial charge in [0.05, 0.1) is 11.5 Å². The van der Waals surface area contributed by atoms with Crippen molar-refractivity contribution in [1.29, 1.82) is 0 Å². The molecule has 0 aliphatic carbocycles. The SMILES string of the molecule is CCO/C(C)=N\Nc1cc(Cl)ccc1[N+](=O)[O-]. The summed E-state index contributed by atoms with van der Waals surface area (Å²) < 4.78 is 5.08. The molecule has 0 heterocycles. The Hall–Kier alpha value is -1.82. The minimum absolute atomic E-state index is 0.0950. The van der Waals surface area contributed by atoms with Crippen LogP contribution >= 0.6 is 11.6 Å². The summed E-state index contributed by atoms with van der Waals surface area (Å²) in [6, 6.07) is 4.20. The van der Waals surface area contributed by atoms with Crippen molar-refractivity contribution in [2.75, 3.05) is 12.0 Å². The molecule has 6 nitrogen and oxygen atoms in total. The average molecular weight is 258 g/mol. The van der Waals surface area contributed by atoms with Crippen molar-refractivity contribution in [3.05, 3.63) is 33.3 Å². The molecule has 0 saturated carbocycles. The largest absolute Gasteiger partial charge is 0.480 e. The molecule has 1 rings (SSSR count). The number of halogens is 1. The number of ether oxygens (including phenoxy) is 1. The van der Waals surface area contributed by atoms with Gasteiger partial charge in [-0.25, -0.2) is 0 Å². The highest BCUT2D eigenvalue weighted by molar-refractivity contribution is 6.31. The molecule has 0 unspecified atom stereocenters. The first-order valence-electron chi connectivity index (χ1n) is 4.91. The van der Waals surface area contributed by atoms with E-state index in [0.29, 0.717) is 17.5 Å². The second-order valence-electron chi connectivity index (χ2n) is 3.09. The van der Waals surface area contributed by atoms with Crippen molar-refractivity contribution in [2.24, 2.45) is 5.10 Å². The number of benzene rings is 1. The molecular formula is C10H12ClN3O3. The minimum atomic E-state index is -0.510. The van der Waals surface area contributed by atoms with Gasteiger partial charge < -0.3 is 4.74 Å². The van der Waals surface area contributed by atoms with E-state index < -0.39 is 4.92 Å². The first-order chi connectivity index (χ1) is 8.04. The molecule has 0 aliphatic rings. The fourth-order valence-electron chi connectivity index (χ4n) is 1.14. The van der Waals surface area contributed by atoms with E-state index in [0.717, 1.165) is 0 Å². The van der Waals surface area contributed by atoms with Gasteiger partial charge in [0.2, 0.25) is 5.90 Å². The van der Waals surface area contributed by atoms with Gasteiger partial charge >= 0.3 is 0 Å². The van der Waals surface area contributed by atoms with Crippen LogP contribution in [0, 0.1) is 10.1 Å². The van der Waals surface area contributed by atoms with E-state index in [2.05, 4.69) is 10.5 Å². The quantitative estimate of drug-likeness (QED) is 0.389. The Morgan fingerprint density at radius 1 is 1.65 bits per heavy atom.